The molecule has 29 heavy (non-hydrogen) atoms. The summed E-state index contributed by atoms with van der Waals surface area (Å²) in [6.07, 6.45) is 0.821. The Bertz CT molecular complexity index is 1190. The van der Waals surface area contributed by atoms with Crippen molar-refractivity contribution in [3.63, 3.8) is 0 Å². The molecule has 4 aromatic rings. The number of hydrogen-bond acceptors (Lipinski definition) is 5. The van der Waals surface area contributed by atoms with E-state index in [4.69, 9.17) is 14.5 Å². The lowest BCUT2D eigenvalue weighted by atomic mass is 10.0. The fraction of sp³-hybridized carbons (Fsp3) is 0.130. The second kappa shape index (κ2) is 7.56. The summed E-state index contributed by atoms with van der Waals surface area (Å²) in [6.45, 7) is 0.817. The number of nitrogens with zero attached hydrogens (tertiary/aromatic N) is 1. The van der Waals surface area contributed by atoms with Crippen molar-refractivity contribution < 1.29 is 14.3 Å². The molecule has 1 amide bonds. The van der Waals surface area contributed by atoms with Crippen molar-refractivity contribution in [1.82, 2.24) is 10.3 Å². The first-order valence-corrected chi connectivity index (χ1v) is 10.3. The fourth-order valence-electron chi connectivity index (χ4n) is 3.42. The number of fused-ring (bicyclic) bond motifs is 2. The lowest BCUT2D eigenvalue weighted by Crippen LogP contribution is -2.25. The molecule has 5 nitrogen and oxygen atoms in total. The number of para-hydroxylation sites is 1. The monoisotopic (exact) mass is 402 g/mol. The van der Waals surface area contributed by atoms with Crippen LogP contribution in [-0.4, -0.2) is 24.2 Å². The quantitative estimate of drug-likeness (QED) is 0.527. The van der Waals surface area contributed by atoms with Gasteiger partial charge in [0.2, 0.25) is 6.79 Å². The molecule has 0 saturated carbocycles. The molecule has 1 aliphatic heterocycles. The molecule has 3 heterocycles. The number of carbonyl (C=O) groups is 1. The van der Waals surface area contributed by atoms with Gasteiger partial charge in [-0.25, -0.2) is 4.98 Å². The Labute approximate surface area is 171 Å². The Morgan fingerprint density at radius 2 is 1.93 bits per heavy atom. The second-order valence-electron chi connectivity index (χ2n) is 6.73. The number of hydrogen-bond donors (Lipinski definition) is 1. The maximum atomic E-state index is 13.0. The van der Waals surface area contributed by atoms with Crippen LogP contribution >= 0.6 is 11.3 Å². The summed E-state index contributed by atoms with van der Waals surface area (Å²) >= 11 is 1.70. The van der Waals surface area contributed by atoms with Crippen LogP contribution in [0.3, 0.4) is 0 Å². The number of benzene rings is 2. The van der Waals surface area contributed by atoms with Crippen LogP contribution in [0.5, 0.6) is 11.5 Å². The third kappa shape index (κ3) is 3.54. The minimum absolute atomic E-state index is 0.0952. The smallest absolute Gasteiger partial charge is 0.252 e. The van der Waals surface area contributed by atoms with Gasteiger partial charge in [0, 0.05) is 22.4 Å². The van der Waals surface area contributed by atoms with Gasteiger partial charge in [-0.2, -0.15) is 0 Å². The van der Waals surface area contributed by atoms with E-state index in [1.165, 1.54) is 4.88 Å². The second-order valence-corrected chi connectivity index (χ2v) is 7.76. The summed E-state index contributed by atoms with van der Waals surface area (Å²) in [7, 11) is 0. The molecular weight excluding hydrogens is 384 g/mol. The van der Waals surface area contributed by atoms with Crippen LogP contribution in [0.15, 0.2) is 66.0 Å². The highest BCUT2D eigenvalue weighted by atomic mass is 32.1. The van der Waals surface area contributed by atoms with Crippen molar-refractivity contribution in [3.05, 3.63) is 76.5 Å². The zero-order valence-corrected chi connectivity index (χ0v) is 16.4. The van der Waals surface area contributed by atoms with E-state index in [2.05, 4.69) is 11.4 Å². The lowest BCUT2D eigenvalue weighted by molar-refractivity contribution is 0.0956. The van der Waals surface area contributed by atoms with E-state index < -0.39 is 0 Å². The summed E-state index contributed by atoms with van der Waals surface area (Å²) in [5.41, 5.74) is 3.01. The molecule has 0 saturated heterocycles. The zero-order chi connectivity index (χ0) is 19.6. The maximum absolute atomic E-state index is 13.0. The van der Waals surface area contributed by atoms with E-state index >= 15 is 0 Å². The Kier molecular flexibility index (Phi) is 4.62. The largest absolute Gasteiger partial charge is 0.454 e. The summed E-state index contributed by atoms with van der Waals surface area (Å²) in [6, 6.07) is 19.4. The van der Waals surface area contributed by atoms with E-state index in [-0.39, 0.29) is 12.7 Å². The van der Waals surface area contributed by atoms with Crippen LogP contribution in [-0.2, 0) is 6.42 Å². The lowest BCUT2D eigenvalue weighted by Gasteiger charge is -2.11. The number of rotatable bonds is 5. The Morgan fingerprint density at radius 1 is 1.03 bits per heavy atom. The fourth-order valence-corrected chi connectivity index (χ4v) is 4.13. The molecule has 5 rings (SSSR count). The molecule has 0 radical (unpaired) electrons. The molecule has 2 aromatic carbocycles. The summed E-state index contributed by atoms with van der Waals surface area (Å²) in [4.78, 5) is 19.0. The van der Waals surface area contributed by atoms with Crippen molar-refractivity contribution in [2.24, 2.45) is 0 Å². The molecule has 1 N–H and O–H groups in total. The van der Waals surface area contributed by atoms with Crippen LogP contribution < -0.4 is 14.8 Å². The van der Waals surface area contributed by atoms with Crippen LogP contribution in [0.2, 0.25) is 0 Å². The highest BCUT2D eigenvalue weighted by Gasteiger charge is 2.17. The van der Waals surface area contributed by atoms with Crippen molar-refractivity contribution in [1.29, 1.82) is 0 Å². The van der Waals surface area contributed by atoms with E-state index in [1.807, 2.05) is 60.0 Å². The van der Waals surface area contributed by atoms with Gasteiger partial charge in [-0.15, -0.1) is 11.3 Å². The van der Waals surface area contributed by atoms with E-state index in [1.54, 1.807) is 11.3 Å². The number of ether oxygens (including phenoxy) is 2. The molecule has 144 valence electrons. The summed E-state index contributed by atoms with van der Waals surface area (Å²) < 4.78 is 10.9. The number of carbonyl (C=O) groups excluding carboxylic acids is 1. The molecule has 1 aliphatic rings. The SMILES string of the molecule is O=C(NCCc1cccs1)c1cc(-c2ccc3c(c2)OCO3)nc2ccccc12. The maximum Gasteiger partial charge on any atom is 0.252 e. The number of pyridine rings is 1. The van der Waals surface area contributed by atoms with Gasteiger partial charge in [-0.05, 0) is 48.2 Å². The van der Waals surface area contributed by atoms with Gasteiger partial charge in [0.1, 0.15) is 0 Å². The molecule has 0 spiro atoms. The number of nitrogens with one attached hydrogen (secondary N) is 1. The highest BCUT2D eigenvalue weighted by molar-refractivity contribution is 7.09. The molecule has 2 aromatic heterocycles. The molecule has 0 unspecified atom stereocenters. The van der Waals surface area contributed by atoms with Gasteiger partial charge >= 0.3 is 0 Å². The first-order valence-electron chi connectivity index (χ1n) is 9.38. The van der Waals surface area contributed by atoms with E-state index in [9.17, 15) is 4.79 Å². The molecule has 0 fully saturated rings. The van der Waals surface area contributed by atoms with Crippen LogP contribution in [0.1, 0.15) is 15.2 Å². The number of amides is 1. The summed E-state index contributed by atoms with van der Waals surface area (Å²) in [5, 5.41) is 5.93. The van der Waals surface area contributed by atoms with Crippen molar-refractivity contribution in [3.8, 4) is 22.8 Å². The number of aromatic nitrogens is 1. The Balaban J connectivity index is 1.48. The standard InChI is InChI=1S/C23H18N2O3S/c26-23(24-10-9-16-4-3-11-29-16)18-13-20(25-19-6-2-1-5-17(18)19)15-7-8-21-22(12-15)28-14-27-21/h1-8,11-13H,9-10,14H2,(H,24,26). The highest BCUT2D eigenvalue weighted by Crippen LogP contribution is 2.36. The molecule has 0 bridgehead atoms. The van der Waals surface area contributed by atoms with E-state index in [0.717, 1.165) is 34.3 Å². The molecule has 0 aliphatic carbocycles. The van der Waals surface area contributed by atoms with Crippen LogP contribution in [0, 0.1) is 0 Å². The van der Waals surface area contributed by atoms with Crippen LogP contribution in [0.4, 0.5) is 0 Å². The van der Waals surface area contributed by atoms with Crippen molar-refractivity contribution >= 4 is 28.1 Å². The minimum atomic E-state index is -0.0952. The van der Waals surface area contributed by atoms with Crippen molar-refractivity contribution in [2.45, 2.75) is 6.42 Å². The molecule has 0 atom stereocenters. The topological polar surface area (TPSA) is 60.5 Å². The van der Waals surface area contributed by atoms with E-state index in [0.29, 0.717) is 17.9 Å². The van der Waals surface area contributed by atoms with Gasteiger partial charge in [-0.1, -0.05) is 24.3 Å². The first-order chi connectivity index (χ1) is 14.3. The average molecular weight is 402 g/mol. The zero-order valence-electron chi connectivity index (χ0n) is 15.6. The number of thiophene rings is 1. The normalized spacial score (nSPS) is 12.3. The predicted molar refractivity (Wildman–Crippen MR) is 114 cm³/mol. The Morgan fingerprint density at radius 3 is 2.83 bits per heavy atom. The average Bonchev–Trinajstić information content (AvgIpc) is 3.44. The van der Waals surface area contributed by atoms with Crippen LogP contribution in [0.25, 0.3) is 22.2 Å². The predicted octanol–water partition coefficient (Wildman–Crippen LogP) is 4.66. The third-order valence-electron chi connectivity index (χ3n) is 4.87. The van der Waals surface area contributed by atoms with Crippen molar-refractivity contribution in [2.75, 3.05) is 13.3 Å². The van der Waals surface area contributed by atoms with Gasteiger partial charge in [0.05, 0.1) is 16.8 Å². The summed E-state index contributed by atoms with van der Waals surface area (Å²) in [5.74, 6) is 1.32. The van der Waals surface area contributed by atoms with Gasteiger partial charge in [0.15, 0.2) is 11.5 Å². The molecule has 6 heteroatoms. The van der Waals surface area contributed by atoms with Gasteiger partial charge in [-0.3, -0.25) is 4.79 Å². The Hall–Kier alpha value is -3.38. The van der Waals surface area contributed by atoms with Gasteiger partial charge < -0.3 is 14.8 Å². The molecular formula is C23H18N2O3S. The van der Waals surface area contributed by atoms with Gasteiger partial charge in [0.25, 0.3) is 5.91 Å². The first kappa shape index (κ1) is 17.7. The third-order valence-corrected chi connectivity index (χ3v) is 5.80. The minimum Gasteiger partial charge on any atom is -0.454 e.